The molecule has 0 aliphatic rings. The molecular weight excluding hydrogens is 327 g/mol. The van der Waals surface area contributed by atoms with E-state index in [1.807, 2.05) is 6.07 Å². The van der Waals surface area contributed by atoms with E-state index in [2.05, 4.69) is 0 Å². The Balaban J connectivity index is 2.27. The van der Waals surface area contributed by atoms with Crippen molar-refractivity contribution >= 4 is 34.8 Å². The SMILES string of the molecule is CN(Cc1cccc(Cl)c1)C(=O)c1cc(Cl)ccc1[N+](=O)[O-]. The summed E-state index contributed by atoms with van der Waals surface area (Å²) in [4.78, 5) is 24.3. The monoisotopic (exact) mass is 338 g/mol. The number of rotatable bonds is 4. The van der Waals surface area contributed by atoms with Gasteiger partial charge in [-0.25, -0.2) is 0 Å². The van der Waals surface area contributed by atoms with Gasteiger partial charge in [0.05, 0.1) is 4.92 Å². The summed E-state index contributed by atoms with van der Waals surface area (Å²) in [6.07, 6.45) is 0. The van der Waals surface area contributed by atoms with Crippen molar-refractivity contribution in [2.45, 2.75) is 6.54 Å². The first kappa shape index (κ1) is 16.3. The third-order valence-corrected chi connectivity index (χ3v) is 3.51. The summed E-state index contributed by atoms with van der Waals surface area (Å²) in [6, 6.07) is 11.0. The highest BCUT2D eigenvalue weighted by molar-refractivity contribution is 6.31. The molecule has 0 aliphatic heterocycles. The van der Waals surface area contributed by atoms with Crippen molar-refractivity contribution in [2.75, 3.05) is 7.05 Å². The first-order valence-electron chi connectivity index (χ1n) is 6.32. The molecule has 0 spiro atoms. The fraction of sp³-hybridized carbons (Fsp3) is 0.133. The lowest BCUT2D eigenvalue weighted by Gasteiger charge is -2.17. The van der Waals surface area contributed by atoms with Crippen LogP contribution in [0.1, 0.15) is 15.9 Å². The summed E-state index contributed by atoms with van der Waals surface area (Å²) in [5.41, 5.74) is 0.516. The molecule has 2 rings (SSSR count). The summed E-state index contributed by atoms with van der Waals surface area (Å²) in [5, 5.41) is 11.9. The van der Waals surface area contributed by atoms with Crippen LogP contribution in [0.3, 0.4) is 0 Å². The zero-order valence-electron chi connectivity index (χ0n) is 11.6. The quantitative estimate of drug-likeness (QED) is 0.620. The van der Waals surface area contributed by atoms with Gasteiger partial charge in [0.25, 0.3) is 11.6 Å². The Morgan fingerprint density at radius 2 is 1.86 bits per heavy atom. The van der Waals surface area contributed by atoms with Crippen molar-refractivity contribution in [1.29, 1.82) is 0 Å². The lowest BCUT2D eigenvalue weighted by Crippen LogP contribution is -2.26. The average molecular weight is 339 g/mol. The van der Waals surface area contributed by atoms with E-state index in [9.17, 15) is 14.9 Å². The van der Waals surface area contributed by atoms with Crippen LogP contribution < -0.4 is 0 Å². The fourth-order valence-corrected chi connectivity index (χ4v) is 2.41. The summed E-state index contributed by atoms with van der Waals surface area (Å²) in [5.74, 6) is -0.478. The Bertz CT molecular complexity index is 734. The Morgan fingerprint density at radius 1 is 1.18 bits per heavy atom. The van der Waals surface area contributed by atoms with Gasteiger partial charge in [-0.05, 0) is 29.8 Å². The molecule has 2 aromatic rings. The number of nitro groups is 1. The van der Waals surface area contributed by atoms with Crippen molar-refractivity contribution in [2.24, 2.45) is 0 Å². The van der Waals surface area contributed by atoms with Gasteiger partial charge in [0, 0.05) is 29.7 Å². The number of nitrogens with zero attached hydrogens (tertiary/aromatic N) is 2. The topological polar surface area (TPSA) is 63.5 Å². The van der Waals surface area contributed by atoms with Crippen LogP contribution in [0, 0.1) is 10.1 Å². The lowest BCUT2D eigenvalue weighted by molar-refractivity contribution is -0.385. The molecule has 114 valence electrons. The Labute approximate surface area is 137 Å². The number of carbonyl (C=O) groups excluding carboxylic acids is 1. The minimum atomic E-state index is -0.600. The van der Waals surface area contributed by atoms with E-state index in [1.54, 1.807) is 25.2 Å². The van der Waals surface area contributed by atoms with E-state index >= 15 is 0 Å². The maximum Gasteiger partial charge on any atom is 0.282 e. The van der Waals surface area contributed by atoms with E-state index in [0.29, 0.717) is 5.02 Å². The smallest absolute Gasteiger partial charge is 0.282 e. The van der Waals surface area contributed by atoms with E-state index < -0.39 is 10.8 Å². The zero-order chi connectivity index (χ0) is 16.3. The molecule has 1 amide bonds. The highest BCUT2D eigenvalue weighted by atomic mass is 35.5. The minimum absolute atomic E-state index is 0.0398. The van der Waals surface area contributed by atoms with Crippen molar-refractivity contribution in [3.05, 3.63) is 73.8 Å². The average Bonchev–Trinajstić information content (AvgIpc) is 2.46. The van der Waals surface area contributed by atoms with E-state index in [-0.39, 0.29) is 22.8 Å². The molecule has 0 heterocycles. The summed E-state index contributed by atoms with van der Waals surface area (Å²) in [6.45, 7) is 0.281. The van der Waals surface area contributed by atoms with Crippen molar-refractivity contribution in [1.82, 2.24) is 4.90 Å². The number of amides is 1. The molecular formula is C15H12Cl2N2O3. The second-order valence-corrected chi connectivity index (χ2v) is 5.58. The highest BCUT2D eigenvalue weighted by Gasteiger charge is 2.23. The number of nitro benzene ring substituents is 1. The van der Waals surface area contributed by atoms with E-state index in [1.165, 1.54) is 23.1 Å². The van der Waals surface area contributed by atoms with Crippen molar-refractivity contribution in [3.8, 4) is 0 Å². The number of hydrogen-bond donors (Lipinski definition) is 0. The molecule has 0 bridgehead atoms. The van der Waals surface area contributed by atoms with Crippen molar-refractivity contribution < 1.29 is 9.72 Å². The third-order valence-electron chi connectivity index (χ3n) is 3.04. The molecule has 0 saturated heterocycles. The van der Waals surface area contributed by atoms with Gasteiger partial charge >= 0.3 is 0 Å². The molecule has 0 aromatic heterocycles. The molecule has 0 saturated carbocycles. The predicted octanol–water partition coefficient (Wildman–Crippen LogP) is 4.17. The number of carbonyl (C=O) groups is 1. The molecule has 0 atom stereocenters. The summed E-state index contributed by atoms with van der Waals surface area (Å²) < 4.78 is 0. The third kappa shape index (κ3) is 3.75. The van der Waals surface area contributed by atoms with Gasteiger partial charge in [0.1, 0.15) is 5.56 Å². The molecule has 22 heavy (non-hydrogen) atoms. The van der Waals surface area contributed by atoms with E-state index in [0.717, 1.165) is 5.56 Å². The van der Waals surface area contributed by atoms with Gasteiger partial charge < -0.3 is 4.90 Å². The van der Waals surface area contributed by atoms with Gasteiger partial charge in [-0.2, -0.15) is 0 Å². The molecule has 0 aliphatic carbocycles. The van der Waals surface area contributed by atoms with Crippen LogP contribution in [0.4, 0.5) is 5.69 Å². The summed E-state index contributed by atoms with van der Waals surface area (Å²) >= 11 is 11.7. The van der Waals surface area contributed by atoms with Gasteiger partial charge in [0.15, 0.2) is 0 Å². The van der Waals surface area contributed by atoms with Crippen LogP contribution in [-0.4, -0.2) is 22.8 Å². The molecule has 5 nitrogen and oxygen atoms in total. The van der Waals surface area contributed by atoms with Gasteiger partial charge in [-0.3, -0.25) is 14.9 Å². The second-order valence-electron chi connectivity index (χ2n) is 4.71. The Morgan fingerprint density at radius 3 is 2.50 bits per heavy atom. The molecule has 0 unspecified atom stereocenters. The molecule has 0 fully saturated rings. The van der Waals surface area contributed by atoms with Crippen molar-refractivity contribution in [3.63, 3.8) is 0 Å². The predicted molar refractivity (Wildman–Crippen MR) is 85.4 cm³/mol. The number of halogens is 2. The van der Waals surface area contributed by atoms with Crippen LogP contribution in [0.5, 0.6) is 0 Å². The maximum atomic E-state index is 12.4. The highest BCUT2D eigenvalue weighted by Crippen LogP contribution is 2.24. The van der Waals surface area contributed by atoms with Crippen LogP contribution >= 0.6 is 23.2 Å². The lowest BCUT2D eigenvalue weighted by atomic mass is 10.1. The Kier molecular flexibility index (Phi) is 5.00. The standard InChI is InChI=1S/C15H12Cl2N2O3/c1-18(9-10-3-2-4-11(16)7-10)15(20)13-8-12(17)5-6-14(13)19(21)22/h2-8H,9H2,1H3. The Hall–Kier alpha value is -2.11. The summed E-state index contributed by atoms with van der Waals surface area (Å²) in [7, 11) is 1.56. The molecule has 7 heteroatoms. The molecule has 2 aromatic carbocycles. The van der Waals surface area contributed by atoms with Crippen LogP contribution in [0.2, 0.25) is 10.0 Å². The van der Waals surface area contributed by atoms with Gasteiger partial charge in [0.2, 0.25) is 0 Å². The first-order valence-corrected chi connectivity index (χ1v) is 7.08. The second kappa shape index (κ2) is 6.77. The van der Waals surface area contributed by atoms with E-state index in [4.69, 9.17) is 23.2 Å². The maximum absolute atomic E-state index is 12.4. The molecule has 0 radical (unpaired) electrons. The fourth-order valence-electron chi connectivity index (χ4n) is 2.03. The van der Waals surface area contributed by atoms with Crippen LogP contribution in [0.15, 0.2) is 42.5 Å². The van der Waals surface area contributed by atoms with Gasteiger partial charge in [-0.1, -0.05) is 35.3 Å². The number of benzene rings is 2. The van der Waals surface area contributed by atoms with Crippen LogP contribution in [-0.2, 0) is 6.54 Å². The minimum Gasteiger partial charge on any atom is -0.337 e. The number of hydrogen-bond acceptors (Lipinski definition) is 3. The largest absolute Gasteiger partial charge is 0.337 e. The first-order chi connectivity index (χ1) is 10.4. The normalized spacial score (nSPS) is 10.3. The van der Waals surface area contributed by atoms with Crippen LogP contribution in [0.25, 0.3) is 0 Å². The molecule has 0 N–H and O–H groups in total. The zero-order valence-corrected chi connectivity index (χ0v) is 13.1. The van der Waals surface area contributed by atoms with Gasteiger partial charge in [-0.15, -0.1) is 0 Å².